The van der Waals surface area contributed by atoms with E-state index < -0.39 is 0 Å². The van der Waals surface area contributed by atoms with Crippen LogP contribution in [0, 0.1) is 6.92 Å². The van der Waals surface area contributed by atoms with Gasteiger partial charge in [-0.15, -0.1) is 15.3 Å². The molecule has 158 valence electrons. The van der Waals surface area contributed by atoms with Crippen molar-refractivity contribution >= 4 is 11.7 Å². The van der Waals surface area contributed by atoms with Gasteiger partial charge in [-0.3, -0.25) is 0 Å². The fourth-order valence-electron chi connectivity index (χ4n) is 3.79. The lowest BCUT2D eigenvalue weighted by Gasteiger charge is -2.32. The van der Waals surface area contributed by atoms with E-state index in [4.69, 9.17) is 4.74 Å². The summed E-state index contributed by atoms with van der Waals surface area (Å²) in [7, 11) is 1.58. The Bertz CT molecular complexity index is 1030. The van der Waals surface area contributed by atoms with Gasteiger partial charge in [0.25, 0.3) is 0 Å². The number of amides is 2. The minimum absolute atomic E-state index is 0.146. The quantitative estimate of drug-likeness (QED) is 0.682. The molecule has 1 aliphatic rings. The third-order valence-electron chi connectivity index (χ3n) is 5.34. The molecule has 1 aromatic carbocycles. The van der Waals surface area contributed by atoms with Crippen LogP contribution in [0.5, 0.6) is 5.75 Å². The number of carbonyl (C=O) groups is 1. The molecular formula is C19H25N9O2. The molecule has 2 amide bonds. The zero-order chi connectivity index (χ0) is 21.1. The lowest BCUT2D eigenvalue weighted by molar-refractivity contribution is 0.190. The molecule has 3 aromatic rings. The monoisotopic (exact) mass is 411 g/mol. The Labute approximate surface area is 174 Å². The van der Waals surface area contributed by atoms with Gasteiger partial charge in [-0.1, -0.05) is 0 Å². The van der Waals surface area contributed by atoms with E-state index in [2.05, 4.69) is 38.0 Å². The average Bonchev–Trinajstić information content (AvgIpc) is 3.42. The Morgan fingerprint density at radius 1 is 1.33 bits per heavy atom. The van der Waals surface area contributed by atoms with Crippen LogP contribution in [-0.4, -0.2) is 66.1 Å². The zero-order valence-corrected chi connectivity index (χ0v) is 17.3. The van der Waals surface area contributed by atoms with Crippen molar-refractivity contribution in [2.24, 2.45) is 0 Å². The fourth-order valence-corrected chi connectivity index (χ4v) is 3.79. The normalized spacial score (nSPS) is 16.5. The second kappa shape index (κ2) is 8.47. The summed E-state index contributed by atoms with van der Waals surface area (Å²) in [6, 6.07) is 5.24. The first kappa shape index (κ1) is 19.8. The van der Waals surface area contributed by atoms with Crippen LogP contribution >= 0.6 is 0 Å². The van der Waals surface area contributed by atoms with Crippen molar-refractivity contribution < 1.29 is 9.53 Å². The van der Waals surface area contributed by atoms with E-state index in [1.165, 1.54) is 0 Å². The van der Waals surface area contributed by atoms with E-state index in [1.54, 1.807) is 43.2 Å². The Morgan fingerprint density at radius 2 is 2.20 bits per heavy atom. The summed E-state index contributed by atoms with van der Waals surface area (Å²) >= 11 is 0. The number of urea groups is 1. The molecule has 1 atom stereocenters. The summed E-state index contributed by atoms with van der Waals surface area (Å²) in [5.74, 6) is 2.36. The molecule has 11 nitrogen and oxygen atoms in total. The van der Waals surface area contributed by atoms with E-state index in [1.807, 2.05) is 9.47 Å². The van der Waals surface area contributed by atoms with Gasteiger partial charge in [0.1, 0.15) is 23.6 Å². The number of ether oxygens (including phenoxy) is 1. The highest BCUT2D eigenvalue weighted by Crippen LogP contribution is 2.28. The molecule has 0 radical (unpaired) electrons. The zero-order valence-electron chi connectivity index (χ0n) is 17.3. The van der Waals surface area contributed by atoms with Crippen LogP contribution in [0.3, 0.4) is 0 Å². The smallest absolute Gasteiger partial charge is 0.321 e. The van der Waals surface area contributed by atoms with Crippen LogP contribution in [0.4, 0.5) is 10.5 Å². The molecule has 0 saturated carbocycles. The number of hydrogen-bond acceptors (Lipinski definition) is 7. The fraction of sp³-hybridized carbons (Fsp3) is 0.474. The number of nitrogens with zero attached hydrogens (tertiary/aromatic N) is 8. The maximum Gasteiger partial charge on any atom is 0.321 e. The topological polar surface area (TPSA) is 116 Å². The van der Waals surface area contributed by atoms with Crippen LogP contribution < -0.4 is 10.1 Å². The van der Waals surface area contributed by atoms with Crippen molar-refractivity contribution in [3.05, 3.63) is 36.2 Å². The molecular weight excluding hydrogens is 386 g/mol. The third kappa shape index (κ3) is 3.82. The van der Waals surface area contributed by atoms with E-state index in [0.717, 1.165) is 25.2 Å². The molecule has 0 spiro atoms. The number of aromatic nitrogens is 7. The molecule has 1 aliphatic heterocycles. The first-order valence-electron chi connectivity index (χ1n) is 9.97. The highest BCUT2D eigenvalue weighted by Gasteiger charge is 2.28. The molecule has 3 heterocycles. The summed E-state index contributed by atoms with van der Waals surface area (Å²) in [5.41, 5.74) is 1.30. The van der Waals surface area contributed by atoms with Crippen LogP contribution in [0.15, 0.2) is 24.5 Å². The van der Waals surface area contributed by atoms with Gasteiger partial charge in [0.2, 0.25) is 0 Å². The Hall–Kier alpha value is -3.50. The summed E-state index contributed by atoms with van der Waals surface area (Å²) in [4.78, 5) is 14.8. The van der Waals surface area contributed by atoms with E-state index in [0.29, 0.717) is 36.0 Å². The molecule has 4 rings (SSSR count). The highest BCUT2D eigenvalue weighted by atomic mass is 16.5. The van der Waals surface area contributed by atoms with Gasteiger partial charge in [-0.05, 0) is 55.3 Å². The summed E-state index contributed by atoms with van der Waals surface area (Å²) in [5, 5.41) is 22.9. The van der Waals surface area contributed by atoms with E-state index in [9.17, 15) is 4.79 Å². The van der Waals surface area contributed by atoms with Gasteiger partial charge >= 0.3 is 6.03 Å². The molecule has 11 heteroatoms. The minimum Gasteiger partial charge on any atom is -0.494 e. The Balaban J connectivity index is 1.50. The highest BCUT2D eigenvalue weighted by molar-refractivity contribution is 5.90. The number of nitrogens with one attached hydrogen (secondary N) is 1. The number of aryl methyl sites for hydroxylation is 2. The largest absolute Gasteiger partial charge is 0.494 e. The van der Waals surface area contributed by atoms with Crippen molar-refractivity contribution in [2.45, 2.75) is 39.2 Å². The van der Waals surface area contributed by atoms with Crippen molar-refractivity contribution in [3.8, 4) is 11.4 Å². The number of tetrazole rings is 1. The lowest BCUT2D eigenvalue weighted by Crippen LogP contribution is -2.42. The van der Waals surface area contributed by atoms with Gasteiger partial charge in [0, 0.05) is 31.2 Å². The number of anilines is 1. The van der Waals surface area contributed by atoms with Gasteiger partial charge in [0.15, 0.2) is 5.82 Å². The molecule has 0 bridgehead atoms. The number of likely N-dealkylation sites (tertiary alicyclic amines) is 1. The first-order chi connectivity index (χ1) is 14.6. The average molecular weight is 411 g/mol. The second-order valence-electron chi connectivity index (χ2n) is 7.22. The summed E-state index contributed by atoms with van der Waals surface area (Å²) in [6.07, 6.45) is 3.66. The maximum atomic E-state index is 12.9. The molecule has 30 heavy (non-hydrogen) atoms. The first-order valence-corrected chi connectivity index (χ1v) is 9.97. The van der Waals surface area contributed by atoms with Crippen molar-refractivity contribution in [1.82, 2.24) is 39.9 Å². The molecule has 1 N–H and O–H groups in total. The standard InChI is InChI=1S/C19H25N9O2/c1-4-26-12-20-23-18(26)14-6-5-9-27(11-14)19(29)21-15-7-8-17(30-3)16(10-15)28-13(2)22-24-25-28/h7-8,10,12,14H,4-6,9,11H2,1-3H3,(H,21,29)/t14-/m1/s1. The van der Waals surface area contributed by atoms with Crippen LogP contribution in [0.1, 0.15) is 37.3 Å². The van der Waals surface area contributed by atoms with Crippen LogP contribution in [-0.2, 0) is 6.54 Å². The summed E-state index contributed by atoms with van der Waals surface area (Å²) in [6.45, 7) is 6.00. The summed E-state index contributed by atoms with van der Waals surface area (Å²) < 4.78 is 9.03. The molecule has 2 aromatic heterocycles. The Morgan fingerprint density at radius 3 is 2.93 bits per heavy atom. The molecule has 0 aliphatic carbocycles. The van der Waals surface area contributed by atoms with Gasteiger partial charge in [0.05, 0.1) is 7.11 Å². The number of rotatable bonds is 5. The molecule has 0 unspecified atom stereocenters. The van der Waals surface area contributed by atoms with E-state index in [-0.39, 0.29) is 11.9 Å². The van der Waals surface area contributed by atoms with Gasteiger partial charge in [-0.2, -0.15) is 4.68 Å². The number of methoxy groups -OCH3 is 1. The molecule has 1 saturated heterocycles. The maximum absolute atomic E-state index is 12.9. The number of piperidine rings is 1. The van der Waals surface area contributed by atoms with Crippen molar-refractivity contribution in [2.75, 3.05) is 25.5 Å². The Kier molecular flexibility index (Phi) is 5.59. The van der Waals surface area contributed by atoms with E-state index >= 15 is 0 Å². The minimum atomic E-state index is -0.146. The van der Waals surface area contributed by atoms with Crippen LogP contribution in [0.25, 0.3) is 5.69 Å². The number of hydrogen-bond donors (Lipinski definition) is 1. The predicted molar refractivity (Wildman–Crippen MR) is 109 cm³/mol. The van der Waals surface area contributed by atoms with Crippen molar-refractivity contribution in [1.29, 1.82) is 0 Å². The van der Waals surface area contributed by atoms with Crippen LogP contribution in [0.2, 0.25) is 0 Å². The number of carbonyl (C=O) groups excluding carboxylic acids is 1. The predicted octanol–water partition coefficient (Wildman–Crippen LogP) is 2.00. The van der Waals surface area contributed by atoms with Gasteiger partial charge < -0.3 is 19.5 Å². The lowest BCUT2D eigenvalue weighted by atomic mass is 9.97. The van der Waals surface area contributed by atoms with Gasteiger partial charge in [-0.25, -0.2) is 4.79 Å². The van der Waals surface area contributed by atoms with Crippen molar-refractivity contribution in [3.63, 3.8) is 0 Å². The second-order valence-corrected chi connectivity index (χ2v) is 7.22. The third-order valence-corrected chi connectivity index (χ3v) is 5.34. The molecule has 1 fully saturated rings. The SMILES string of the molecule is CCn1cnnc1[C@@H]1CCCN(C(=O)Nc2ccc(OC)c(-n3nnnc3C)c2)C1. The number of benzene rings is 1.